The Morgan fingerprint density at radius 3 is 2.90 bits per heavy atom. The maximum Gasteiger partial charge on any atom is 0.178 e. The third kappa shape index (κ3) is 2.29. The van der Waals surface area contributed by atoms with Crippen LogP contribution in [0.1, 0.15) is 45.1 Å². The molecule has 3 rings (SSSR count). The molecule has 1 aromatic carbocycles. The second kappa shape index (κ2) is 5.49. The van der Waals surface area contributed by atoms with Gasteiger partial charge in [0.15, 0.2) is 4.77 Å². The lowest BCUT2D eigenvalue weighted by atomic mass is 9.82. The Bertz CT molecular complexity index is 691. The van der Waals surface area contributed by atoms with Crippen LogP contribution in [-0.2, 0) is 0 Å². The molecular weight excluding hydrogens is 295 g/mol. The van der Waals surface area contributed by atoms with Crippen LogP contribution in [0.3, 0.4) is 0 Å². The van der Waals surface area contributed by atoms with E-state index in [1.54, 1.807) is 6.07 Å². The van der Waals surface area contributed by atoms with Gasteiger partial charge in [-0.3, -0.25) is 0 Å². The van der Waals surface area contributed by atoms with E-state index in [1.165, 1.54) is 25.3 Å². The van der Waals surface area contributed by atoms with Gasteiger partial charge in [0.2, 0.25) is 0 Å². The molecule has 1 aliphatic carbocycles. The summed E-state index contributed by atoms with van der Waals surface area (Å²) in [5.74, 6) is 0.235. The second-order valence-corrected chi connectivity index (χ2v) is 6.40. The van der Waals surface area contributed by atoms with Crippen molar-refractivity contribution in [3.63, 3.8) is 0 Å². The molecule has 1 saturated carbocycles. The van der Waals surface area contributed by atoms with E-state index in [0.717, 1.165) is 23.9 Å². The molecule has 0 aliphatic heterocycles. The van der Waals surface area contributed by atoms with Gasteiger partial charge in [-0.2, -0.15) is 0 Å². The van der Waals surface area contributed by atoms with Crippen LogP contribution in [0, 0.1) is 16.5 Å². The SMILES string of the molecule is CCC1CCCCC1n1c(=S)[nH]c2cc(Cl)c(F)cc21. The van der Waals surface area contributed by atoms with Gasteiger partial charge in [0.25, 0.3) is 0 Å². The number of nitrogens with one attached hydrogen (secondary N) is 1. The highest BCUT2D eigenvalue weighted by Gasteiger charge is 2.27. The van der Waals surface area contributed by atoms with Gasteiger partial charge in [0, 0.05) is 12.1 Å². The minimum Gasteiger partial charge on any atom is -0.331 e. The van der Waals surface area contributed by atoms with Gasteiger partial charge in [-0.05, 0) is 37.0 Å². The number of hydrogen-bond donors (Lipinski definition) is 1. The van der Waals surface area contributed by atoms with Gasteiger partial charge in [-0.1, -0.05) is 37.8 Å². The van der Waals surface area contributed by atoms with Crippen LogP contribution < -0.4 is 0 Å². The number of hydrogen-bond acceptors (Lipinski definition) is 1. The summed E-state index contributed by atoms with van der Waals surface area (Å²) in [6.07, 6.45) is 5.97. The van der Waals surface area contributed by atoms with Crippen molar-refractivity contribution >= 4 is 34.9 Å². The highest BCUT2D eigenvalue weighted by Crippen LogP contribution is 2.38. The van der Waals surface area contributed by atoms with E-state index in [9.17, 15) is 4.39 Å². The Kier molecular flexibility index (Phi) is 3.87. The van der Waals surface area contributed by atoms with Crippen LogP contribution in [0.4, 0.5) is 4.39 Å². The molecule has 5 heteroatoms. The molecule has 1 heterocycles. The largest absolute Gasteiger partial charge is 0.331 e. The quantitative estimate of drug-likeness (QED) is 0.712. The summed E-state index contributed by atoms with van der Waals surface area (Å²) < 4.78 is 16.6. The molecule has 1 aliphatic rings. The highest BCUT2D eigenvalue weighted by atomic mass is 35.5. The van der Waals surface area contributed by atoms with Gasteiger partial charge in [-0.25, -0.2) is 4.39 Å². The predicted octanol–water partition coefficient (Wildman–Crippen LogP) is 5.63. The molecule has 0 amide bonds. The van der Waals surface area contributed by atoms with Crippen LogP contribution >= 0.6 is 23.8 Å². The lowest BCUT2D eigenvalue weighted by molar-refractivity contribution is 0.235. The first-order valence-corrected chi connectivity index (χ1v) is 7.99. The lowest BCUT2D eigenvalue weighted by Gasteiger charge is -2.32. The number of fused-ring (bicyclic) bond motifs is 1. The summed E-state index contributed by atoms with van der Waals surface area (Å²) in [5.41, 5.74) is 1.66. The molecule has 2 atom stereocenters. The monoisotopic (exact) mass is 312 g/mol. The van der Waals surface area contributed by atoms with Gasteiger partial charge in [0.1, 0.15) is 5.82 Å². The molecule has 0 radical (unpaired) electrons. The fourth-order valence-electron chi connectivity index (χ4n) is 3.45. The minimum atomic E-state index is -0.384. The van der Waals surface area contributed by atoms with E-state index >= 15 is 0 Å². The number of benzene rings is 1. The van der Waals surface area contributed by atoms with Gasteiger partial charge in [-0.15, -0.1) is 0 Å². The number of aromatic nitrogens is 2. The third-order valence-corrected chi connectivity index (χ3v) is 5.07. The highest BCUT2D eigenvalue weighted by molar-refractivity contribution is 7.71. The predicted molar refractivity (Wildman–Crippen MR) is 83.4 cm³/mol. The zero-order valence-corrected chi connectivity index (χ0v) is 13.0. The zero-order valence-electron chi connectivity index (χ0n) is 11.5. The smallest absolute Gasteiger partial charge is 0.178 e. The molecule has 1 fully saturated rings. The van der Waals surface area contributed by atoms with Crippen molar-refractivity contribution in [2.45, 2.75) is 45.1 Å². The molecule has 2 aromatic rings. The Morgan fingerprint density at radius 1 is 1.40 bits per heavy atom. The van der Waals surface area contributed by atoms with E-state index in [1.807, 2.05) is 0 Å². The number of imidazole rings is 1. The molecule has 0 bridgehead atoms. The Labute approximate surface area is 127 Å². The first-order chi connectivity index (χ1) is 9.61. The molecule has 2 nitrogen and oxygen atoms in total. The summed E-state index contributed by atoms with van der Waals surface area (Å²) in [7, 11) is 0. The number of rotatable bonds is 2. The molecule has 0 saturated heterocycles. The summed E-state index contributed by atoms with van der Waals surface area (Å²) >= 11 is 11.3. The molecule has 2 unspecified atom stereocenters. The van der Waals surface area contributed by atoms with Gasteiger partial charge >= 0.3 is 0 Å². The average molecular weight is 313 g/mol. The molecule has 1 aromatic heterocycles. The number of aromatic amines is 1. The second-order valence-electron chi connectivity index (χ2n) is 5.60. The van der Waals surface area contributed by atoms with Crippen molar-refractivity contribution in [3.8, 4) is 0 Å². The Balaban J connectivity index is 2.17. The average Bonchev–Trinajstić information content (AvgIpc) is 2.74. The van der Waals surface area contributed by atoms with Crippen molar-refractivity contribution in [1.82, 2.24) is 9.55 Å². The minimum absolute atomic E-state index is 0.136. The molecule has 20 heavy (non-hydrogen) atoms. The topological polar surface area (TPSA) is 20.7 Å². The van der Waals surface area contributed by atoms with E-state index in [0.29, 0.717) is 16.7 Å². The summed E-state index contributed by atoms with van der Waals surface area (Å²) in [6.45, 7) is 2.22. The van der Waals surface area contributed by atoms with Crippen molar-refractivity contribution in [2.24, 2.45) is 5.92 Å². The number of nitrogens with zero attached hydrogens (tertiary/aromatic N) is 1. The molecule has 0 spiro atoms. The van der Waals surface area contributed by atoms with Crippen LogP contribution in [0.25, 0.3) is 11.0 Å². The summed E-state index contributed by atoms with van der Waals surface area (Å²) in [4.78, 5) is 3.16. The van der Waals surface area contributed by atoms with E-state index in [2.05, 4.69) is 16.5 Å². The maximum atomic E-state index is 13.8. The van der Waals surface area contributed by atoms with E-state index in [4.69, 9.17) is 23.8 Å². The van der Waals surface area contributed by atoms with Crippen molar-refractivity contribution in [3.05, 3.63) is 27.7 Å². The molecule has 1 N–H and O–H groups in total. The van der Waals surface area contributed by atoms with E-state index < -0.39 is 0 Å². The maximum absolute atomic E-state index is 13.8. The van der Waals surface area contributed by atoms with Crippen LogP contribution in [0.15, 0.2) is 12.1 Å². The lowest BCUT2D eigenvalue weighted by Crippen LogP contribution is -2.22. The van der Waals surface area contributed by atoms with Crippen molar-refractivity contribution in [1.29, 1.82) is 0 Å². The zero-order chi connectivity index (χ0) is 14.3. The fourth-order valence-corrected chi connectivity index (χ4v) is 3.96. The normalized spacial score (nSPS) is 23.4. The number of H-pyrrole nitrogens is 1. The molecule has 108 valence electrons. The van der Waals surface area contributed by atoms with E-state index in [-0.39, 0.29) is 10.8 Å². The van der Waals surface area contributed by atoms with Crippen LogP contribution in [-0.4, -0.2) is 9.55 Å². The van der Waals surface area contributed by atoms with Crippen molar-refractivity contribution < 1.29 is 4.39 Å². The van der Waals surface area contributed by atoms with Crippen LogP contribution in [0.5, 0.6) is 0 Å². The first-order valence-electron chi connectivity index (χ1n) is 7.21. The standard InChI is InChI=1S/C15H18ClFN2S/c1-2-9-5-3-4-6-13(9)19-14-8-11(17)10(16)7-12(14)18-15(19)20/h7-9,13H,2-6H2,1H3,(H,18,20). The van der Waals surface area contributed by atoms with Crippen molar-refractivity contribution in [2.75, 3.05) is 0 Å². The third-order valence-electron chi connectivity index (χ3n) is 4.48. The summed E-state index contributed by atoms with van der Waals surface area (Å²) in [5, 5.41) is 0.136. The van der Waals surface area contributed by atoms with Crippen LogP contribution in [0.2, 0.25) is 5.02 Å². The Hall–Kier alpha value is -0.870. The summed E-state index contributed by atoms with van der Waals surface area (Å²) in [6, 6.07) is 3.50. The molecular formula is C15H18ClFN2S. The van der Waals surface area contributed by atoms with Gasteiger partial charge < -0.3 is 9.55 Å². The fraction of sp³-hybridized carbons (Fsp3) is 0.533. The first kappa shape index (κ1) is 14.1. The number of halogens is 2. The Morgan fingerprint density at radius 2 is 2.15 bits per heavy atom. The van der Waals surface area contributed by atoms with Gasteiger partial charge in [0.05, 0.1) is 16.1 Å².